The van der Waals surface area contributed by atoms with E-state index in [0.717, 1.165) is 11.3 Å². The number of hydrogen-bond acceptors (Lipinski definition) is 3. The fourth-order valence-electron chi connectivity index (χ4n) is 2.33. The maximum atomic E-state index is 12.6. The summed E-state index contributed by atoms with van der Waals surface area (Å²) in [5.41, 5.74) is 1.34. The lowest BCUT2D eigenvalue weighted by molar-refractivity contribution is -0.123. The van der Waals surface area contributed by atoms with Gasteiger partial charge < -0.3 is 10.6 Å². The summed E-state index contributed by atoms with van der Waals surface area (Å²) in [5.74, 6) is 0.260. The second-order valence-electron chi connectivity index (χ2n) is 5.60. The minimum atomic E-state index is -0.607. The van der Waals surface area contributed by atoms with E-state index in [1.165, 1.54) is 0 Å². The first kappa shape index (κ1) is 20.8. The molecule has 2 rings (SSSR count). The van der Waals surface area contributed by atoms with Crippen LogP contribution in [-0.4, -0.2) is 29.9 Å². The fourth-order valence-corrected chi connectivity index (χ4v) is 3.47. The Balaban J connectivity index is 2.03. The average Bonchev–Trinajstić information content (AvgIpc) is 2.64. The number of benzene rings is 2. The maximum absolute atomic E-state index is 12.6. The molecule has 4 nitrogen and oxygen atoms in total. The van der Waals surface area contributed by atoms with E-state index in [1.807, 2.05) is 30.5 Å². The number of carbonyl (C=O) groups excluding carboxylic acids is 2. The number of rotatable bonds is 8. The summed E-state index contributed by atoms with van der Waals surface area (Å²) in [6.45, 7) is 0.319. The number of halogens is 2. The fraction of sp³-hybridized carbons (Fsp3) is 0.263. The zero-order chi connectivity index (χ0) is 18.9. The van der Waals surface area contributed by atoms with Gasteiger partial charge in [-0.3, -0.25) is 9.59 Å². The molecule has 0 aromatic heterocycles. The number of amides is 2. The molecule has 7 heteroatoms. The van der Waals surface area contributed by atoms with Crippen LogP contribution >= 0.6 is 39.3 Å². The van der Waals surface area contributed by atoms with Crippen LogP contribution in [0.2, 0.25) is 5.02 Å². The smallest absolute Gasteiger partial charge is 0.253 e. The summed E-state index contributed by atoms with van der Waals surface area (Å²) in [7, 11) is 0. The predicted octanol–water partition coefficient (Wildman–Crippen LogP) is 4.27. The molecule has 2 aromatic carbocycles. The lowest BCUT2D eigenvalue weighted by Gasteiger charge is -2.19. The molecule has 0 aliphatic rings. The van der Waals surface area contributed by atoms with Crippen molar-refractivity contribution in [2.75, 3.05) is 12.0 Å². The van der Waals surface area contributed by atoms with Crippen LogP contribution in [0.3, 0.4) is 0 Å². The molecule has 2 amide bonds. The minimum absolute atomic E-state index is 0.223. The van der Waals surface area contributed by atoms with Crippen LogP contribution in [0.4, 0.5) is 0 Å². The molecule has 0 bridgehead atoms. The van der Waals surface area contributed by atoms with E-state index < -0.39 is 6.04 Å². The summed E-state index contributed by atoms with van der Waals surface area (Å²) in [6, 6.07) is 13.9. The second-order valence-corrected chi connectivity index (χ2v) is 7.84. The molecule has 0 aliphatic carbocycles. The largest absolute Gasteiger partial charge is 0.350 e. The third-order valence-corrected chi connectivity index (χ3v) is 5.47. The molecule has 0 heterocycles. The topological polar surface area (TPSA) is 58.2 Å². The monoisotopic (exact) mass is 454 g/mol. The van der Waals surface area contributed by atoms with Gasteiger partial charge in [0.1, 0.15) is 6.04 Å². The number of carbonyl (C=O) groups is 2. The number of hydrogen-bond donors (Lipinski definition) is 2. The van der Waals surface area contributed by atoms with Gasteiger partial charge in [0, 0.05) is 16.0 Å². The number of thioether (sulfide) groups is 1. The highest BCUT2D eigenvalue weighted by atomic mass is 79.9. The molecule has 2 N–H and O–H groups in total. The van der Waals surface area contributed by atoms with Crippen molar-refractivity contribution in [1.82, 2.24) is 10.6 Å². The van der Waals surface area contributed by atoms with E-state index in [9.17, 15) is 9.59 Å². The van der Waals surface area contributed by atoms with Gasteiger partial charge in [-0.15, -0.1) is 0 Å². The molecule has 138 valence electrons. The van der Waals surface area contributed by atoms with E-state index in [-0.39, 0.29) is 11.8 Å². The number of nitrogens with one attached hydrogen (secondary N) is 2. The van der Waals surface area contributed by atoms with Gasteiger partial charge in [-0.2, -0.15) is 11.8 Å². The maximum Gasteiger partial charge on any atom is 0.253 e. The van der Waals surface area contributed by atoms with Crippen molar-refractivity contribution in [2.24, 2.45) is 0 Å². The van der Waals surface area contributed by atoms with Crippen molar-refractivity contribution in [3.05, 3.63) is 69.2 Å². The van der Waals surface area contributed by atoms with Crippen molar-refractivity contribution in [1.29, 1.82) is 0 Å². The Kier molecular flexibility index (Phi) is 8.48. The first-order valence-corrected chi connectivity index (χ1v) is 10.6. The first-order chi connectivity index (χ1) is 12.5. The second kappa shape index (κ2) is 10.6. The zero-order valence-corrected chi connectivity index (χ0v) is 17.5. The molecule has 1 atom stereocenters. The van der Waals surface area contributed by atoms with Gasteiger partial charge in [-0.1, -0.05) is 41.9 Å². The average molecular weight is 456 g/mol. The molecular formula is C19H20BrClN2O2S. The van der Waals surface area contributed by atoms with Crippen LogP contribution in [0, 0.1) is 0 Å². The quantitative estimate of drug-likeness (QED) is 0.625. The molecule has 0 saturated heterocycles. The Morgan fingerprint density at radius 1 is 1.15 bits per heavy atom. The molecule has 0 saturated carbocycles. The SMILES string of the molecule is CSCCC(NC(=O)c1ccccc1Br)C(=O)NCc1ccccc1Cl. The molecule has 26 heavy (non-hydrogen) atoms. The Morgan fingerprint density at radius 3 is 2.54 bits per heavy atom. The van der Waals surface area contributed by atoms with Gasteiger partial charge in [-0.05, 0) is 58.1 Å². The summed E-state index contributed by atoms with van der Waals surface area (Å²) in [6.07, 6.45) is 2.51. The van der Waals surface area contributed by atoms with Gasteiger partial charge in [0.15, 0.2) is 0 Å². The van der Waals surface area contributed by atoms with Crippen LogP contribution in [0.5, 0.6) is 0 Å². The highest BCUT2D eigenvalue weighted by Gasteiger charge is 2.22. The molecule has 2 aromatic rings. The molecule has 1 unspecified atom stereocenters. The van der Waals surface area contributed by atoms with Crippen molar-refractivity contribution in [3.8, 4) is 0 Å². The minimum Gasteiger partial charge on any atom is -0.350 e. The predicted molar refractivity (Wildman–Crippen MR) is 112 cm³/mol. The van der Waals surface area contributed by atoms with Crippen LogP contribution in [0.25, 0.3) is 0 Å². The first-order valence-electron chi connectivity index (χ1n) is 8.08. The van der Waals surface area contributed by atoms with E-state index in [0.29, 0.717) is 28.0 Å². The lowest BCUT2D eigenvalue weighted by Crippen LogP contribution is -2.47. The van der Waals surface area contributed by atoms with Crippen molar-refractivity contribution in [2.45, 2.75) is 19.0 Å². The molecule has 0 aliphatic heterocycles. The highest BCUT2D eigenvalue weighted by Crippen LogP contribution is 2.17. The van der Waals surface area contributed by atoms with Crippen molar-refractivity contribution >= 4 is 51.1 Å². The third-order valence-electron chi connectivity index (χ3n) is 3.76. The summed E-state index contributed by atoms with van der Waals surface area (Å²) in [5, 5.41) is 6.30. The van der Waals surface area contributed by atoms with Gasteiger partial charge in [0.05, 0.1) is 5.56 Å². The zero-order valence-electron chi connectivity index (χ0n) is 14.3. The lowest BCUT2D eigenvalue weighted by atomic mass is 10.1. The summed E-state index contributed by atoms with van der Waals surface area (Å²) < 4.78 is 0.692. The van der Waals surface area contributed by atoms with E-state index in [2.05, 4.69) is 26.6 Å². The third kappa shape index (κ3) is 6.04. The van der Waals surface area contributed by atoms with Crippen LogP contribution in [-0.2, 0) is 11.3 Å². The Bertz CT molecular complexity index is 773. The van der Waals surface area contributed by atoms with Gasteiger partial charge in [0.25, 0.3) is 5.91 Å². The van der Waals surface area contributed by atoms with Crippen LogP contribution in [0.1, 0.15) is 22.3 Å². The van der Waals surface area contributed by atoms with Crippen molar-refractivity contribution < 1.29 is 9.59 Å². The van der Waals surface area contributed by atoms with Gasteiger partial charge in [-0.25, -0.2) is 0 Å². The normalized spacial score (nSPS) is 11.7. The molecule has 0 radical (unpaired) electrons. The van der Waals surface area contributed by atoms with Gasteiger partial charge in [0.2, 0.25) is 5.91 Å². The molecule has 0 spiro atoms. The van der Waals surface area contributed by atoms with E-state index >= 15 is 0 Å². The van der Waals surface area contributed by atoms with Crippen LogP contribution in [0.15, 0.2) is 53.0 Å². The highest BCUT2D eigenvalue weighted by molar-refractivity contribution is 9.10. The summed E-state index contributed by atoms with van der Waals surface area (Å²) >= 11 is 11.1. The van der Waals surface area contributed by atoms with Crippen molar-refractivity contribution in [3.63, 3.8) is 0 Å². The van der Waals surface area contributed by atoms with E-state index in [4.69, 9.17) is 11.6 Å². The molecule has 0 fully saturated rings. The van der Waals surface area contributed by atoms with E-state index in [1.54, 1.807) is 36.0 Å². The Labute approximate surface area is 171 Å². The van der Waals surface area contributed by atoms with Gasteiger partial charge >= 0.3 is 0 Å². The Morgan fingerprint density at radius 2 is 1.85 bits per heavy atom. The summed E-state index contributed by atoms with van der Waals surface area (Å²) in [4.78, 5) is 25.1. The van der Waals surface area contributed by atoms with Crippen LogP contribution < -0.4 is 10.6 Å². The Hall–Kier alpha value is -1.50. The molecular weight excluding hydrogens is 436 g/mol. The standard InChI is InChI=1S/C19H20BrClN2O2S/c1-26-11-10-17(23-18(24)14-7-3-4-8-15(14)20)19(25)22-12-13-6-2-5-9-16(13)21/h2-9,17H,10-12H2,1H3,(H,22,25)(H,23,24).